The largest absolute Gasteiger partial charge is 0.481 e. The second kappa shape index (κ2) is 19.2. The van der Waals surface area contributed by atoms with Crippen LogP contribution in [0.3, 0.4) is 0 Å². The minimum Gasteiger partial charge on any atom is -0.481 e. The maximum atomic E-state index is 10.3. The summed E-state index contributed by atoms with van der Waals surface area (Å²) in [5.74, 6) is -0.664. The standard InChI is InChI=1S/C18H34O2.H3N/c1-2-3-4-5-6-7-8-9-10-11-12-13-14-15-16-17-18(19)20;/h9-10H,2-8,11-17H2,1H3,(H,19,20);1H3/p+1/b10-9-;. The number of unbranched alkanes of at least 4 members (excludes halogenated alkanes) is 11. The van der Waals surface area contributed by atoms with Gasteiger partial charge in [0, 0.05) is 6.42 Å². The predicted octanol–water partition coefficient (Wildman–Crippen LogP) is 6.48. The Balaban J connectivity index is 0. The van der Waals surface area contributed by atoms with Crippen LogP contribution in [0.1, 0.15) is 96.8 Å². The first kappa shape index (κ1) is 22.5. The second-order valence-corrected chi connectivity index (χ2v) is 5.73. The molecule has 0 heterocycles. The molecule has 0 atom stereocenters. The van der Waals surface area contributed by atoms with Crippen molar-refractivity contribution in [3.8, 4) is 0 Å². The first-order chi connectivity index (χ1) is 9.77. The summed E-state index contributed by atoms with van der Waals surface area (Å²) in [7, 11) is 0. The van der Waals surface area contributed by atoms with E-state index in [1.165, 1.54) is 70.6 Å². The van der Waals surface area contributed by atoms with Crippen LogP contribution < -0.4 is 6.15 Å². The van der Waals surface area contributed by atoms with Gasteiger partial charge in [-0.1, -0.05) is 70.4 Å². The van der Waals surface area contributed by atoms with E-state index in [9.17, 15) is 4.79 Å². The van der Waals surface area contributed by atoms with E-state index in [0.717, 1.165) is 12.8 Å². The maximum Gasteiger partial charge on any atom is 0.303 e. The topological polar surface area (TPSA) is 73.8 Å². The lowest BCUT2D eigenvalue weighted by Gasteiger charge is -1.99. The molecule has 3 heteroatoms. The molecule has 0 saturated heterocycles. The van der Waals surface area contributed by atoms with E-state index < -0.39 is 5.97 Å². The number of carboxylic acids is 1. The molecule has 5 N–H and O–H groups in total. The van der Waals surface area contributed by atoms with Crippen LogP contribution in [0.25, 0.3) is 0 Å². The molecule has 0 unspecified atom stereocenters. The maximum absolute atomic E-state index is 10.3. The summed E-state index contributed by atoms with van der Waals surface area (Å²) in [5, 5.41) is 8.51. The summed E-state index contributed by atoms with van der Waals surface area (Å²) < 4.78 is 0. The normalized spacial score (nSPS) is 10.7. The van der Waals surface area contributed by atoms with E-state index in [1.54, 1.807) is 0 Å². The number of allylic oxidation sites excluding steroid dienone is 2. The van der Waals surface area contributed by atoms with Crippen molar-refractivity contribution in [2.24, 2.45) is 0 Å². The Bertz CT molecular complexity index is 239. The van der Waals surface area contributed by atoms with Gasteiger partial charge in [0.1, 0.15) is 0 Å². The fourth-order valence-electron chi connectivity index (χ4n) is 2.35. The number of rotatable bonds is 15. The highest BCUT2D eigenvalue weighted by atomic mass is 16.4. The Morgan fingerprint density at radius 2 is 1.19 bits per heavy atom. The fraction of sp³-hybridized carbons (Fsp3) is 0.833. The summed E-state index contributed by atoms with van der Waals surface area (Å²) in [5.41, 5.74) is 0. The molecule has 21 heavy (non-hydrogen) atoms. The zero-order chi connectivity index (χ0) is 14.9. The van der Waals surface area contributed by atoms with Crippen molar-refractivity contribution < 1.29 is 9.90 Å². The van der Waals surface area contributed by atoms with E-state index in [0.29, 0.717) is 6.42 Å². The summed E-state index contributed by atoms with van der Waals surface area (Å²) in [6, 6.07) is 0. The number of carboxylic acid groups (broad SMARTS) is 1. The SMILES string of the molecule is CCCCCCCC/C=C\CCCCCCCC(=O)O.[NH4+]. The van der Waals surface area contributed by atoms with Crippen molar-refractivity contribution in [3.05, 3.63) is 12.2 Å². The van der Waals surface area contributed by atoms with Crippen LogP contribution in [0.15, 0.2) is 12.2 Å². The Morgan fingerprint density at radius 3 is 1.67 bits per heavy atom. The zero-order valence-corrected chi connectivity index (χ0v) is 14.4. The summed E-state index contributed by atoms with van der Waals surface area (Å²) in [4.78, 5) is 10.3. The van der Waals surface area contributed by atoms with Gasteiger partial charge in [-0.25, -0.2) is 0 Å². The predicted molar refractivity (Wildman–Crippen MR) is 93.1 cm³/mol. The third-order valence-electron chi connectivity index (χ3n) is 3.65. The van der Waals surface area contributed by atoms with Crippen molar-refractivity contribution >= 4 is 5.97 Å². The Hall–Kier alpha value is -0.830. The average molecular weight is 301 g/mol. The molecular formula is C18H38NO2+. The van der Waals surface area contributed by atoms with Crippen molar-refractivity contribution in [1.82, 2.24) is 6.15 Å². The van der Waals surface area contributed by atoms with Crippen LogP contribution >= 0.6 is 0 Å². The first-order valence-corrected chi connectivity index (χ1v) is 8.64. The Kier molecular flexibility index (Phi) is 20.5. The van der Waals surface area contributed by atoms with Crippen LogP contribution in [0.4, 0.5) is 0 Å². The van der Waals surface area contributed by atoms with E-state index in [4.69, 9.17) is 5.11 Å². The molecule has 3 nitrogen and oxygen atoms in total. The molecule has 0 spiro atoms. The van der Waals surface area contributed by atoms with Crippen molar-refractivity contribution in [2.75, 3.05) is 0 Å². The van der Waals surface area contributed by atoms with Gasteiger partial charge < -0.3 is 11.3 Å². The molecule has 0 aliphatic carbocycles. The lowest BCUT2D eigenvalue weighted by Crippen LogP contribution is -1.93. The number of aliphatic carboxylic acids is 1. The molecule has 0 bridgehead atoms. The third kappa shape index (κ3) is 21.6. The van der Waals surface area contributed by atoms with Gasteiger partial charge in [-0.3, -0.25) is 4.79 Å². The van der Waals surface area contributed by atoms with E-state index in [2.05, 4.69) is 19.1 Å². The first-order valence-electron chi connectivity index (χ1n) is 8.64. The molecule has 0 amide bonds. The highest BCUT2D eigenvalue weighted by Crippen LogP contribution is 2.09. The smallest absolute Gasteiger partial charge is 0.303 e. The third-order valence-corrected chi connectivity index (χ3v) is 3.65. The fourth-order valence-corrected chi connectivity index (χ4v) is 2.35. The van der Waals surface area contributed by atoms with Gasteiger partial charge in [-0.2, -0.15) is 0 Å². The van der Waals surface area contributed by atoms with Crippen molar-refractivity contribution in [2.45, 2.75) is 96.8 Å². The molecular weight excluding hydrogens is 262 g/mol. The quantitative estimate of drug-likeness (QED) is 0.268. The number of carbonyl (C=O) groups is 1. The minimum absolute atomic E-state index is 0. The molecule has 0 fully saturated rings. The van der Waals surface area contributed by atoms with Crippen LogP contribution in [0, 0.1) is 0 Å². The number of quaternary nitrogens is 1. The van der Waals surface area contributed by atoms with E-state index >= 15 is 0 Å². The van der Waals surface area contributed by atoms with E-state index in [1.807, 2.05) is 0 Å². The highest BCUT2D eigenvalue weighted by Gasteiger charge is 1.95. The van der Waals surface area contributed by atoms with Gasteiger partial charge in [0.05, 0.1) is 0 Å². The minimum atomic E-state index is -0.664. The number of hydrogen-bond donors (Lipinski definition) is 2. The van der Waals surface area contributed by atoms with E-state index in [-0.39, 0.29) is 6.15 Å². The van der Waals surface area contributed by atoms with Gasteiger partial charge in [0.15, 0.2) is 0 Å². The van der Waals surface area contributed by atoms with Crippen LogP contribution in [-0.2, 0) is 4.79 Å². The number of hydrogen-bond acceptors (Lipinski definition) is 1. The van der Waals surface area contributed by atoms with Gasteiger partial charge >= 0.3 is 5.97 Å². The molecule has 0 aromatic rings. The molecule has 0 aliphatic rings. The molecule has 0 aromatic heterocycles. The van der Waals surface area contributed by atoms with Gasteiger partial charge in [0.25, 0.3) is 0 Å². The summed E-state index contributed by atoms with van der Waals surface area (Å²) >= 11 is 0. The lowest BCUT2D eigenvalue weighted by molar-refractivity contribution is -0.137. The van der Waals surface area contributed by atoms with Gasteiger partial charge in [-0.05, 0) is 32.1 Å². The second-order valence-electron chi connectivity index (χ2n) is 5.73. The molecule has 0 aliphatic heterocycles. The van der Waals surface area contributed by atoms with Crippen LogP contribution in [0.5, 0.6) is 0 Å². The monoisotopic (exact) mass is 300 g/mol. The van der Waals surface area contributed by atoms with Crippen molar-refractivity contribution in [1.29, 1.82) is 0 Å². The lowest BCUT2D eigenvalue weighted by atomic mass is 10.1. The summed E-state index contributed by atoms with van der Waals surface area (Å²) in [6.07, 6.45) is 21.2. The summed E-state index contributed by atoms with van der Waals surface area (Å²) in [6.45, 7) is 2.26. The van der Waals surface area contributed by atoms with Gasteiger partial charge in [0.2, 0.25) is 0 Å². The van der Waals surface area contributed by atoms with Gasteiger partial charge in [-0.15, -0.1) is 0 Å². The Labute approximate surface area is 131 Å². The van der Waals surface area contributed by atoms with Crippen LogP contribution in [-0.4, -0.2) is 11.1 Å². The molecule has 0 rings (SSSR count). The molecule has 126 valence electrons. The molecule has 0 saturated carbocycles. The van der Waals surface area contributed by atoms with Crippen molar-refractivity contribution in [3.63, 3.8) is 0 Å². The Morgan fingerprint density at radius 1 is 0.762 bits per heavy atom. The highest BCUT2D eigenvalue weighted by molar-refractivity contribution is 5.66. The molecule has 0 aromatic carbocycles. The van der Waals surface area contributed by atoms with Crippen LogP contribution in [0.2, 0.25) is 0 Å². The zero-order valence-electron chi connectivity index (χ0n) is 14.4. The average Bonchev–Trinajstić information content (AvgIpc) is 2.43. The molecule has 0 radical (unpaired) electrons.